The van der Waals surface area contributed by atoms with E-state index in [2.05, 4.69) is 5.38 Å². The maximum absolute atomic E-state index is 12.3. The molecule has 0 saturated heterocycles. The number of halogens is 1. The Hall–Kier alpha value is -0.940. The molecule has 1 aliphatic carbocycles. The number of carbonyl (C=O) groups is 1. The lowest BCUT2D eigenvalue weighted by atomic mass is 10.2. The second-order valence-corrected chi connectivity index (χ2v) is 7.97. The van der Waals surface area contributed by atoms with E-state index in [0.29, 0.717) is 19.0 Å². The van der Waals surface area contributed by atoms with Gasteiger partial charge in [-0.2, -0.15) is 0 Å². The quantitative estimate of drug-likeness (QED) is 0.748. The molecule has 0 aromatic carbocycles. The third-order valence-electron chi connectivity index (χ3n) is 3.64. The number of hydrogen-bond acceptors (Lipinski definition) is 4. The van der Waals surface area contributed by atoms with E-state index in [1.165, 1.54) is 18.4 Å². The smallest absolute Gasteiger partial charge is 0.410 e. The molecule has 0 radical (unpaired) electrons. The predicted molar refractivity (Wildman–Crippen MR) is 90.3 cm³/mol. The Bertz CT molecular complexity index is 548. The van der Waals surface area contributed by atoms with Crippen molar-refractivity contribution in [1.29, 1.82) is 0 Å². The van der Waals surface area contributed by atoms with Gasteiger partial charge < -0.3 is 9.47 Å². The summed E-state index contributed by atoms with van der Waals surface area (Å²) in [6, 6.07) is 0. The zero-order chi connectivity index (χ0) is 15.2. The van der Waals surface area contributed by atoms with Crippen molar-refractivity contribution in [2.45, 2.75) is 64.7 Å². The normalized spacial score (nSPS) is 21.3. The summed E-state index contributed by atoms with van der Waals surface area (Å²) in [6.45, 7) is 8.85. The summed E-state index contributed by atoms with van der Waals surface area (Å²) in [4.78, 5) is 15.2. The first-order valence-corrected chi connectivity index (χ1v) is 8.46. The highest BCUT2D eigenvalue weighted by molar-refractivity contribution is 7.10. The third-order valence-corrected chi connectivity index (χ3v) is 4.61. The van der Waals surface area contributed by atoms with E-state index >= 15 is 0 Å². The number of ether oxygens (including phenoxy) is 2. The highest BCUT2D eigenvalue weighted by atomic mass is 35.5. The fourth-order valence-electron chi connectivity index (χ4n) is 2.57. The molecule has 2 aliphatic rings. The summed E-state index contributed by atoms with van der Waals surface area (Å²) in [5, 5.41) is 2.20. The molecule has 3 rings (SSSR count). The molecule has 124 valence electrons. The van der Waals surface area contributed by atoms with Crippen LogP contribution in [0, 0.1) is 0 Å². The van der Waals surface area contributed by atoms with E-state index in [1.807, 2.05) is 27.7 Å². The second kappa shape index (κ2) is 6.28. The number of fused-ring (bicyclic) bond motifs is 1. The summed E-state index contributed by atoms with van der Waals surface area (Å²) in [5.41, 5.74) is 0.873. The zero-order valence-electron chi connectivity index (χ0n) is 13.5. The van der Waals surface area contributed by atoms with Crippen molar-refractivity contribution in [2.24, 2.45) is 0 Å². The Morgan fingerprint density at radius 2 is 2.09 bits per heavy atom. The molecular weight excluding hydrogens is 322 g/mol. The molecular formula is C16H24ClNO3S. The Kier molecular flexibility index (Phi) is 4.97. The topological polar surface area (TPSA) is 38.8 Å². The minimum Gasteiger partial charge on any atom is -0.487 e. The van der Waals surface area contributed by atoms with Gasteiger partial charge in [-0.15, -0.1) is 23.7 Å². The van der Waals surface area contributed by atoms with Crippen LogP contribution in [0.25, 0.3) is 0 Å². The number of nitrogens with zero attached hydrogens (tertiary/aromatic N) is 1. The van der Waals surface area contributed by atoms with Gasteiger partial charge in [0.1, 0.15) is 17.5 Å². The van der Waals surface area contributed by atoms with E-state index in [-0.39, 0.29) is 24.6 Å². The zero-order valence-corrected chi connectivity index (χ0v) is 15.2. The molecule has 0 spiro atoms. The fraction of sp³-hybridized carbons (Fsp3) is 0.688. The van der Waals surface area contributed by atoms with Crippen LogP contribution < -0.4 is 4.74 Å². The molecule has 4 nitrogen and oxygen atoms in total. The molecule has 2 heterocycles. The number of carbonyl (C=O) groups excluding carboxylic acids is 1. The number of rotatable bonds is 1. The number of thiophene rings is 1. The highest BCUT2D eigenvalue weighted by Crippen LogP contribution is 2.48. The van der Waals surface area contributed by atoms with Gasteiger partial charge in [-0.1, -0.05) is 0 Å². The van der Waals surface area contributed by atoms with Gasteiger partial charge in [-0.3, -0.25) is 4.90 Å². The molecule has 1 atom stereocenters. The molecule has 0 bridgehead atoms. The Morgan fingerprint density at radius 3 is 2.68 bits per heavy atom. The van der Waals surface area contributed by atoms with E-state index in [1.54, 1.807) is 16.2 Å². The molecule has 1 fully saturated rings. The van der Waals surface area contributed by atoms with Gasteiger partial charge >= 0.3 is 6.09 Å². The standard InChI is InChI=1S/C16H23NO3S.ClH/c1-10-7-17(15(18)20-16(2,3)4)8-13-14(19-10)12(9-21-13)11-5-6-11;/h9-11H,5-8H2,1-4H3;1H. The lowest BCUT2D eigenvalue weighted by Gasteiger charge is -2.27. The van der Waals surface area contributed by atoms with E-state index < -0.39 is 5.60 Å². The van der Waals surface area contributed by atoms with E-state index in [4.69, 9.17) is 9.47 Å². The first-order chi connectivity index (χ1) is 9.83. The summed E-state index contributed by atoms with van der Waals surface area (Å²) in [6.07, 6.45) is 2.26. The summed E-state index contributed by atoms with van der Waals surface area (Å²) in [7, 11) is 0. The number of amides is 1. The van der Waals surface area contributed by atoms with Crippen LogP contribution in [0.4, 0.5) is 4.79 Å². The molecule has 0 N–H and O–H groups in total. The summed E-state index contributed by atoms with van der Waals surface area (Å²) >= 11 is 1.70. The van der Waals surface area contributed by atoms with Crippen LogP contribution in [0.1, 0.15) is 56.9 Å². The van der Waals surface area contributed by atoms with Gasteiger partial charge in [0.2, 0.25) is 0 Å². The first kappa shape index (κ1) is 17.4. The van der Waals surface area contributed by atoms with Crippen LogP contribution in [-0.2, 0) is 11.3 Å². The van der Waals surface area contributed by atoms with Crippen molar-refractivity contribution >= 4 is 29.8 Å². The molecule has 1 amide bonds. The molecule has 1 aromatic heterocycles. The van der Waals surface area contributed by atoms with Crippen LogP contribution >= 0.6 is 23.7 Å². The average molecular weight is 346 g/mol. The van der Waals surface area contributed by atoms with E-state index in [9.17, 15) is 4.79 Å². The van der Waals surface area contributed by atoms with E-state index in [0.717, 1.165) is 10.6 Å². The SMILES string of the molecule is CC1CN(C(=O)OC(C)(C)C)Cc2scc(C3CC3)c2O1.Cl. The minimum absolute atomic E-state index is 0. The molecule has 22 heavy (non-hydrogen) atoms. The van der Waals surface area contributed by atoms with Crippen LogP contribution in [0.15, 0.2) is 5.38 Å². The maximum Gasteiger partial charge on any atom is 0.410 e. The first-order valence-electron chi connectivity index (χ1n) is 7.58. The average Bonchev–Trinajstić information content (AvgIpc) is 3.13. The molecule has 1 aromatic rings. The number of hydrogen-bond donors (Lipinski definition) is 0. The van der Waals surface area contributed by atoms with Crippen molar-refractivity contribution in [3.63, 3.8) is 0 Å². The lowest BCUT2D eigenvalue weighted by Crippen LogP contribution is -2.39. The van der Waals surface area contributed by atoms with Crippen LogP contribution in [0.3, 0.4) is 0 Å². The van der Waals surface area contributed by atoms with Gasteiger partial charge in [0.05, 0.1) is 18.0 Å². The van der Waals surface area contributed by atoms with Gasteiger partial charge in [-0.05, 0) is 51.8 Å². The minimum atomic E-state index is -0.467. The monoisotopic (exact) mass is 345 g/mol. The van der Waals surface area contributed by atoms with Crippen LogP contribution in [0.2, 0.25) is 0 Å². The van der Waals surface area contributed by atoms with Gasteiger partial charge in [0.25, 0.3) is 0 Å². The van der Waals surface area contributed by atoms with Crippen molar-refractivity contribution in [1.82, 2.24) is 4.90 Å². The van der Waals surface area contributed by atoms with Crippen molar-refractivity contribution < 1.29 is 14.3 Å². The fourth-order valence-corrected chi connectivity index (χ4v) is 3.65. The molecule has 1 unspecified atom stereocenters. The Labute approximate surface area is 142 Å². The van der Waals surface area contributed by atoms with Gasteiger partial charge in [-0.25, -0.2) is 4.79 Å². The van der Waals surface area contributed by atoms with Crippen LogP contribution in [-0.4, -0.2) is 29.2 Å². The largest absolute Gasteiger partial charge is 0.487 e. The van der Waals surface area contributed by atoms with Crippen LogP contribution in [0.5, 0.6) is 5.75 Å². The van der Waals surface area contributed by atoms with Crippen molar-refractivity contribution in [3.05, 3.63) is 15.8 Å². The Balaban J connectivity index is 0.00000176. The third kappa shape index (κ3) is 3.87. The summed E-state index contributed by atoms with van der Waals surface area (Å²) in [5.74, 6) is 1.70. The van der Waals surface area contributed by atoms with Gasteiger partial charge in [0.15, 0.2) is 0 Å². The van der Waals surface area contributed by atoms with Crippen molar-refractivity contribution in [3.8, 4) is 5.75 Å². The molecule has 1 saturated carbocycles. The maximum atomic E-state index is 12.3. The predicted octanol–water partition coefficient (Wildman–Crippen LogP) is 4.57. The second-order valence-electron chi connectivity index (χ2n) is 7.01. The molecule has 1 aliphatic heterocycles. The lowest BCUT2D eigenvalue weighted by molar-refractivity contribution is 0.0189. The van der Waals surface area contributed by atoms with Gasteiger partial charge in [0, 0.05) is 5.56 Å². The Morgan fingerprint density at radius 1 is 1.41 bits per heavy atom. The van der Waals surface area contributed by atoms with Crippen molar-refractivity contribution in [2.75, 3.05) is 6.54 Å². The highest BCUT2D eigenvalue weighted by Gasteiger charge is 2.34. The summed E-state index contributed by atoms with van der Waals surface area (Å²) < 4.78 is 11.6. The molecule has 6 heteroatoms.